The molecule has 3 aromatic rings. The summed E-state index contributed by atoms with van der Waals surface area (Å²) < 4.78 is 11.0. The van der Waals surface area contributed by atoms with Crippen molar-refractivity contribution in [2.75, 3.05) is 13.7 Å². The number of hydrogen-bond acceptors (Lipinski definition) is 6. The number of Topliss-reactive ketones (excluding diaryl/α,β-unsaturated/α-hetero) is 1. The van der Waals surface area contributed by atoms with Crippen LogP contribution in [0.1, 0.15) is 42.1 Å². The third-order valence-electron chi connectivity index (χ3n) is 6.30. The van der Waals surface area contributed by atoms with E-state index in [9.17, 15) is 19.8 Å². The van der Waals surface area contributed by atoms with Gasteiger partial charge in [0, 0.05) is 12.1 Å². The summed E-state index contributed by atoms with van der Waals surface area (Å²) in [6.45, 7) is 6.69. The van der Waals surface area contributed by atoms with Gasteiger partial charge in [-0.2, -0.15) is 0 Å². The lowest BCUT2D eigenvalue weighted by Crippen LogP contribution is -2.29. The highest BCUT2D eigenvalue weighted by molar-refractivity contribution is 6.46. The van der Waals surface area contributed by atoms with Crippen LogP contribution in [0.15, 0.2) is 72.3 Å². The maximum Gasteiger partial charge on any atom is 0.295 e. The van der Waals surface area contributed by atoms with Crippen molar-refractivity contribution < 1.29 is 29.3 Å². The molecule has 0 saturated carbocycles. The molecule has 7 heteroatoms. The Balaban J connectivity index is 1.75. The van der Waals surface area contributed by atoms with Crippen LogP contribution in [0.2, 0.25) is 0 Å². The molecule has 1 aliphatic rings. The minimum Gasteiger partial charge on any atom is -0.508 e. The van der Waals surface area contributed by atoms with E-state index in [1.54, 1.807) is 44.4 Å². The number of phenols is 1. The number of likely N-dealkylation sites (tertiary alicyclic amines) is 1. The number of carbonyl (C=O) groups is 2. The standard InChI is InChI=1S/C30H31NO6/c1-18(2)17-37-23-11-5-20(6-12-23)16-31-27(21-7-9-22(32)10-8-21)26(29(34)30(31)35)28(33)25-14-13-24(36-4)15-19(25)3/h5-15,18,27,32-33H,16-17H2,1-4H3/b28-26-. The molecule has 192 valence electrons. The molecule has 7 nitrogen and oxygen atoms in total. The van der Waals surface area contributed by atoms with Crippen molar-refractivity contribution in [3.8, 4) is 17.2 Å². The average molecular weight is 502 g/mol. The fraction of sp³-hybridized carbons (Fsp3) is 0.267. The highest BCUT2D eigenvalue weighted by Gasteiger charge is 2.46. The van der Waals surface area contributed by atoms with Gasteiger partial charge in [-0.15, -0.1) is 0 Å². The van der Waals surface area contributed by atoms with E-state index in [4.69, 9.17) is 9.47 Å². The minimum absolute atomic E-state index is 0.000781. The number of methoxy groups -OCH3 is 1. The van der Waals surface area contributed by atoms with E-state index in [0.717, 1.165) is 11.3 Å². The van der Waals surface area contributed by atoms with Crippen molar-refractivity contribution in [1.29, 1.82) is 0 Å². The molecule has 1 unspecified atom stereocenters. The van der Waals surface area contributed by atoms with Gasteiger partial charge in [-0.25, -0.2) is 0 Å². The fourth-order valence-electron chi connectivity index (χ4n) is 4.37. The van der Waals surface area contributed by atoms with Crippen molar-refractivity contribution in [3.05, 3.63) is 94.6 Å². The molecule has 0 radical (unpaired) electrons. The number of phenolic OH excluding ortho intramolecular Hbond substituents is 1. The van der Waals surface area contributed by atoms with Crippen LogP contribution in [0.5, 0.6) is 17.2 Å². The van der Waals surface area contributed by atoms with Crippen LogP contribution < -0.4 is 9.47 Å². The largest absolute Gasteiger partial charge is 0.508 e. The number of ketones is 1. The number of carbonyl (C=O) groups excluding carboxylic acids is 2. The van der Waals surface area contributed by atoms with Crippen LogP contribution in [0.3, 0.4) is 0 Å². The molecule has 1 saturated heterocycles. The molecule has 1 fully saturated rings. The highest BCUT2D eigenvalue weighted by atomic mass is 16.5. The lowest BCUT2D eigenvalue weighted by Gasteiger charge is -2.25. The Morgan fingerprint density at radius 3 is 2.22 bits per heavy atom. The van der Waals surface area contributed by atoms with Crippen LogP contribution in [0.4, 0.5) is 0 Å². The number of aryl methyl sites for hydroxylation is 1. The zero-order valence-corrected chi connectivity index (χ0v) is 21.4. The maximum absolute atomic E-state index is 13.3. The van der Waals surface area contributed by atoms with Gasteiger partial charge in [-0.3, -0.25) is 9.59 Å². The summed E-state index contributed by atoms with van der Waals surface area (Å²) in [5, 5.41) is 21.2. The molecule has 1 amide bonds. The van der Waals surface area contributed by atoms with E-state index in [0.29, 0.717) is 35.0 Å². The van der Waals surface area contributed by atoms with Crippen LogP contribution in [0.25, 0.3) is 5.76 Å². The summed E-state index contributed by atoms with van der Waals surface area (Å²) in [7, 11) is 1.55. The summed E-state index contributed by atoms with van der Waals surface area (Å²) in [5.74, 6) is 0.0787. The van der Waals surface area contributed by atoms with Crippen molar-refractivity contribution in [2.45, 2.75) is 33.4 Å². The molecular weight excluding hydrogens is 470 g/mol. The zero-order chi connectivity index (χ0) is 26.7. The number of benzene rings is 3. The first kappa shape index (κ1) is 25.8. The highest BCUT2D eigenvalue weighted by Crippen LogP contribution is 2.41. The summed E-state index contributed by atoms with van der Waals surface area (Å²) >= 11 is 0. The van der Waals surface area contributed by atoms with Gasteiger partial charge in [0.15, 0.2) is 0 Å². The summed E-state index contributed by atoms with van der Waals surface area (Å²) in [6, 6.07) is 18.0. The molecule has 4 rings (SSSR count). The Labute approximate surface area is 216 Å². The topological polar surface area (TPSA) is 96.3 Å². The molecular formula is C30H31NO6. The second-order valence-corrected chi connectivity index (χ2v) is 9.55. The Kier molecular flexibility index (Phi) is 7.53. The minimum atomic E-state index is -0.834. The van der Waals surface area contributed by atoms with Gasteiger partial charge in [0.05, 0.1) is 25.3 Å². The van der Waals surface area contributed by atoms with Crippen molar-refractivity contribution >= 4 is 17.4 Å². The summed E-state index contributed by atoms with van der Waals surface area (Å²) in [4.78, 5) is 28.0. The van der Waals surface area contributed by atoms with Crippen molar-refractivity contribution in [1.82, 2.24) is 4.90 Å². The monoisotopic (exact) mass is 501 g/mol. The number of aliphatic hydroxyl groups is 1. The Morgan fingerprint density at radius 2 is 1.62 bits per heavy atom. The van der Waals surface area contributed by atoms with Gasteiger partial charge in [-0.05, 0) is 72.0 Å². The number of aromatic hydroxyl groups is 1. The van der Waals surface area contributed by atoms with E-state index in [1.165, 1.54) is 17.0 Å². The second-order valence-electron chi connectivity index (χ2n) is 9.55. The molecule has 0 aliphatic carbocycles. The molecule has 1 heterocycles. The second kappa shape index (κ2) is 10.8. The lowest BCUT2D eigenvalue weighted by molar-refractivity contribution is -0.140. The van der Waals surface area contributed by atoms with Gasteiger partial charge in [0.25, 0.3) is 11.7 Å². The van der Waals surface area contributed by atoms with E-state index < -0.39 is 17.7 Å². The number of rotatable bonds is 8. The van der Waals surface area contributed by atoms with E-state index in [2.05, 4.69) is 13.8 Å². The molecule has 2 N–H and O–H groups in total. The molecule has 0 spiro atoms. The summed E-state index contributed by atoms with van der Waals surface area (Å²) in [6.07, 6.45) is 0. The van der Waals surface area contributed by atoms with Crippen LogP contribution >= 0.6 is 0 Å². The Bertz CT molecular complexity index is 1330. The fourth-order valence-corrected chi connectivity index (χ4v) is 4.37. The Hall–Kier alpha value is -4.26. The molecule has 0 aromatic heterocycles. The first-order valence-electron chi connectivity index (χ1n) is 12.1. The molecule has 1 aliphatic heterocycles. The first-order chi connectivity index (χ1) is 17.7. The number of nitrogens with zero attached hydrogens (tertiary/aromatic N) is 1. The van der Waals surface area contributed by atoms with Gasteiger partial charge in [-0.1, -0.05) is 38.1 Å². The molecule has 1 atom stereocenters. The van der Waals surface area contributed by atoms with Crippen LogP contribution in [-0.2, 0) is 16.1 Å². The van der Waals surface area contributed by atoms with E-state index >= 15 is 0 Å². The Morgan fingerprint density at radius 1 is 0.973 bits per heavy atom. The maximum atomic E-state index is 13.3. The third kappa shape index (κ3) is 5.45. The molecule has 3 aromatic carbocycles. The number of aliphatic hydroxyl groups excluding tert-OH is 1. The van der Waals surface area contributed by atoms with E-state index in [-0.39, 0.29) is 23.6 Å². The van der Waals surface area contributed by atoms with Gasteiger partial charge < -0.3 is 24.6 Å². The first-order valence-corrected chi connectivity index (χ1v) is 12.1. The van der Waals surface area contributed by atoms with E-state index in [1.807, 2.05) is 24.3 Å². The predicted octanol–water partition coefficient (Wildman–Crippen LogP) is 5.37. The number of hydrogen-bond donors (Lipinski definition) is 2. The van der Waals surface area contributed by atoms with Crippen molar-refractivity contribution in [2.24, 2.45) is 5.92 Å². The third-order valence-corrected chi connectivity index (χ3v) is 6.30. The number of amides is 1. The van der Waals surface area contributed by atoms with Gasteiger partial charge in [0.1, 0.15) is 23.0 Å². The normalized spacial score (nSPS) is 16.9. The molecule has 0 bridgehead atoms. The predicted molar refractivity (Wildman–Crippen MR) is 140 cm³/mol. The quantitative estimate of drug-likeness (QED) is 0.245. The molecule has 37 heavy (non-hydrogen) atoms. The SMILES string of the molecule is COc1ccc(/C(O)=C2/C(=O)C(=O)N(Cc3ccc(OCC(C)C)cc3)C2c2ccc(O)cc2)c(C)c1. The zero-order valence-electron chi connectivity index (χ0n) is 21.4. The lowest BCUT2D eigenvalue weighted by atomic mass is 9.93. The van der Waals surface area contributed by atoms with Crippen LogP contribution in [0, 0.1) is 12.8 Å². The number of ether oxygens (including phenoxy) is 2. The van der Waals surface area contributed by atoms with Gasteiger partial charge in [0.2, 0.25) is 0 Å². The average Bonchev–Trinajstić information content (AvgIpc) is 3.13. The van der Waals surface area contributed by atoms with Crippen LogP contribution in [-0.4, -0.2) is 40.5 Å². The smallest absolute Gasteiger partial charge is 0.295 e. The summed E-state index contributed by atoms with van der Waals surface area (Å²) in [5.41, 5.74) is 2.55. The van der Waals surface area contributed by atoms with Gasteiger partial charge >= 0.3 is 0 Å². The van der Waals surface area contributed by atoms with Crippen molar-refractivity contribution in [3.63, 3.8) is 0 Å².